The monoisotopic (exact) mass is 191 g/mol. The molecule has 0 saturated carbocycles. The third kappa shape index (κ3) is 2.14. The lowest BCUT2D eigenvalue weighted by atomic mass is 10.0. The SMILES string of the molecule is CC.CCC1CCc2ccc(C)nc21. The summed E-state index contributed by atoms with van der Waals surface area (Å²) in [4.78, 5) is 4.61. The van der Waals surface area contributed by atoms with Crippen molar-refractivity contribution >= 4 is 0 Å². The van der Waals surface area contributed by atoms with Gasteiger partial charge in [-0.2, -0.15) is 0 Å². The molecule has 1 unspecified atom stereocenters. The van der Waals surface area contributed by atoms with Crippen molar-refractivity contribution in [2.75, 3.05) is 0 Å². The standard InChI is InChI=1S/C11H15N.C2H6/c1-3-9-6-7-10-5-4-8(2)12-11(9)10;1-2/h4-5,9H,3,6-7H2,1-2H3;1-2H3. The van der Waals surface area contributed by atoms with E-state index in [2.05, 4.69) is 31.0 Å². The smallest absolute Gasteiger partial charge is 0.0469 e. The van der Waals surface area contributed by atoms with Crippen LogP contribution in [0.4, 0.5) is 0 Å². The van der Waals surface area contributed by atoms with Gasteiger partial charge < -0.3 is 0 Å². The van der Waals surface area contributed by atoms with Gasteiger partial charge in [0, 0.05) is 17.3 Å². The maximum absolute atomic E-state index is 4.61. The van der Waals surface area contributed by atoms with Crippen LogP contribution < -0.4 is 0 Å². The molecule has 1 aliphatic carbocycles. The third-order valence-corrected chi connectivity index (χ3v) is 2.79. The van der Waals surface area contributed by atoms with Crippen LogP contribution in [0.25, 0.3) is 0 Å². The van der Waals surface area contributed by atoms with Gasteiger partial charge in [0.1, 0.15) is 0 Å². The van der Waals surface area contributed by atoms with Crippen LogP contribution in [0.1, 0.15) is 56.5 Å². The van der Waals surface area contributed by atoms with Crippen molar-refractivity contribution < 1.29 is 0 Å². The lowest BCUT2D eigenvalue weighted by Crippen LogP contribution is -1.96. The average Bonchev–Trinajstić information content (AvgIpc) is 2.63. The molecular weight excluding hydrogens is 170 g/mol. The van der Waals surface area contributed by atoms with E-state index in [1.807, 2.05) is 13.8 Å². The van der Waals surface area contributed by atoms with Gasteiger partial charge in [-0.1, -0.05) is 26.8 Å². The first-order chi connectivity index (χ1) is 6.81. The van der Waals surface area contributed by atoms with Crippen LogP contribution in [0.3, 0.4) is 0 Å². The molecule has 0 radical (unpaired) electrons. The lowest BCUT2D eigenvalue weighted by molar-refractivity contribution is 0.641. The molecular formula is C13H21N. The van der Waals surface area contributed by atoms with Crippen molar-refractivity contribution in [2.45, 2.75) is 52.9 Å². The Morgan fingerprint density at radius 3 is 2.71 bits per heavy atom. The average molecular weight is 191 g/mol. The molecule has 1 heterocycles. The summed E-state index contributed by atoms with van der Waals surface area (Å²) in [5.41, 5.74) is 4.01. The Morgan fingerprint density at radius 2 is 2.07 bits per heavy atom. The minimum absolute atomic E-state index is 0.736. The molecule has 1 atom stereocenters. The van der Waals surface area contributed by atoms with Crippen LogP contribution >= 0.6 is 0 Å². The molecule has 78 valence electrons. The molecule has 0 bridgehead atoms. The first kappa shape index (κ1) is 11.2. The Kier molecular flexibility index (Phi) is 4.12. The Morgan fingerprint density at radius 1 is 1.36 bits per heavy atom. The second-order valence-electron chi connectivity index (χ2n) is 3.64. The maximum Gasteiger partial charge on any atom is 0.0469 e. The van der Waals surface area contributed by atoms with E-state index in [1.54, 1.807) is 0 Å². The summed E-state index contributed by atoms with van der Waals surface area (Å²) in [6, 6.07) is 4.37. The normalized spacial score (nSPS) is 18.4. The second-order valence-corrected chi connectivity index (χ2v) is 3.64. The summed E-state index contributed by atoms with van der Waals surface area (Å²) in [5, 5.41) is 0. The van der Waals surface area contributed by atoms with E-state index in [0.717, 1.165) is 11.6 Å². The molecule has 0 amide bonds. The second kappa shape index (κ2) is 5.14. The third-order valence-electron chi connectivity index (χ3n) is 2.79. The summed E-state index contributed by atoms with van der Waals surface area (Å²) in [6.07, 6.45) is 3.78. The molecule has 0 spiro atoms. The van der Waals surface area contributed by atoms with E-state index < -0.39 is 0 Å². The number of fused-ring (bicyclic) bond motifs is 1. The number of aromatic nitrogens is 1. The summed E-state index contributed by atoms with van der Waals surface area (Å²) >= 11 is 0. The van der Waals surface area contributed by atoms with E-state index in [9.17, 15) is 0 Å². The highest BCUT2D eigenvalue weighted by Crippen LogP contribution is 2.33. The molecule has 0 aromatic carbocycles. The molecule has 1 nitrogen and oxygen atoms in total. The van der Waals surface area contributed by atoms with Crippen LogP contribution in [-0.4, -0.2) is 4.98 Å². The van der Waals surface area contributed by atoms with Crippen LogP contribution in [0.5, 0.6) is 0 Å². The largest absolute Gasteiger partial charge is 0.258 e. The molecule has 1 aromatic heterocycles. The van der Waals surface area contributed by atoms with Gasteiger partial charge >= 0.3 is 0 Å². The highest BCUT2D eigenvalue weighted by Gasteiger charge is 2.21. The predicted molar refractivity (Wildman–Crippen MR) is 61.7 cm³/mol. The Balaban J connectivity index is 0.000000461. The van der Waals surface area contributed by atoms with Crippen molar-refractivity contribution in [1.29, 1.82) is 0 Å². The van der Waals surface area contributed by atoms with Crippen molar-refractivity contribution in [2.24, 2.45) is 0 Å². The zero-order valence-electron chi connectivity index (χ0n) is 9.80. The van der Waals surface area contributed by atoms with E-state index in [0.29, 0.717) is 0 Å². The summed E-state index contributed by atoms with van der Waals surface area (Å²) in [7, 11) is 0. The minimum Gasteiger partial charge on any atom is -0.258 e. The van der Waals surface area contributed by atoms with Crippen LogP contribution in [0.15, 0.2) is 12.1 Å². The van der Waals surface area contributed by atoms with E-state index in [4.69, 9.17) is 0 Å². The molecule has 1 aromatic rings. The fraction of sp³-hybridized carbons (Fsp3) is 0.615. The van der Waals surface area contributed by atoms with E-state index in [1.165, 1.54) is 30.5 Å². The van der Waals surface area contributed by atoms with Gasteiger partial charge in [-0.15, -0.1) is 0 Å². The first-order valence-corrected chi connectivity index (χ1v) is 5.77. The van der Waals surface area contributed by atoms with Gasteiger partial charge in [0.05, 0.1) is 0 Å². The fourth-order valence-corrected chi connectivity index (χ4v) is 2.03. The van der Waals surface area contributed by atoms with Crippen molar-refractivity contribution in [3.05, 3.63) is 29.1 Å². The van der Waals surface area contributed by atoms with E-state index >= 15 is 0 Å². The number of hydrogen-bond acceptors (Lipinski definition) is 1. The van der Waals surface area contributed by atoms with Gasteiger partial charge in [-0.3, -0.25) is 4.98 Å². The van der Waals surface area contributed by atoms with Gasteiger partial charge in [-0.25, -0.2) is 0 Å². The molecule has 0 N–H and O–H groups in total. The summed E-state index contributed by atoms with van der Waals surface area (Å²) in [6.45, 7) is 8.33. The Labute approximate surface area is 87.6 Å². The molecule has 0 aliphatic heterocycles. The quantitative estimate of drug-likeness (QED) is 0.657. The minimum atomic E-state index is 0.736. The van der Waals surface area contributed by atoms with Crippen molar-refractivity contribution in [3.8, 4) is 0 Å². The lowest BCUT2D eigenvalue weighted by Gasteiger charge is -2.06. The van der Waals surface area contributed by atoms with Crippen LogP contribution in [0, 0.1) is 6.92 Å². The molecule has 2 rings (SSSR count). The van der Waals surface area contributed by atoms with Crippen molar-refractivity contribution in [1.82, 2.24) is 4.98 Å². The number of aryl methyl sites for hydroxylation is 2. The molecule has 0 fully saturated rings. The van der Waals surface area contributed by atoms with Gasteiger partial charge in [0.25, 0.3) is 0 Å². The number of nitrogens with zero attached hydrogens (tertiary/aromatic N) is 1. The van der Waals surface area contributed by atoms with E-state index in [-0.39, 0.29) is 0 Å². The van der Waals surface area contributed by atoms with Gasteiger partial charge in [0.15, 0.2) is 0 Å². The maximum atomic E-state index is 4.61. The summed E-state index contributed by atoms with van der Waals surface area (Å²) in [5.74, 6) is 0.736. The Hall–Kier alpha value is -0.850. The Bertz CT molecular complexity index is 291. The predicted octanol–water partition coefficient (Wildman–Crippen LogP) is 3.86. The van der Waals surface area contributed by atoms with Gasteiger partial charge in [-0.05, 0) is 37.8 Å². The first-order valence-electron chi connectivity index (χ1n) is 5.77. The molecule has 0 saturated heterocycles. The topological polar surface area (TPSA) is 12.9 Å². The van der Waals surface area contributed by atoms with Crippen LogP contribution in [-0.2, 0) is 6.42 Å². The zero-order chi connectivity index (χ0) is 10.6. The number of hydrogen-bond donors (Lipinski definition) is 0. The number of rotatable bonds is 1. The van der Waals surface area contributed by atoms with Crippen LogP contribution in [0.2, 0.25) is 0 Å². The zero-order valence-corrected chi connectivity index (χ0v) is 9.80. The highest BCUT2D eigenvalue weighted by molar-refractivity contribution is 5.30. The fourth-order valence-electron chi connectivity index (χ4n) is 2.03. The molecule has 14 heavy (non-hydrogen) atoms. The number of pyridine rings is 1. The molecule has 1 aliphatic rings. The summed E-state index contributed by atoms with van der Waals surface area (Å²) < 4.78 is 0. The molecule has 1 heteroatoms. The van der Waals surface area contributed by atoms with Gasteiger partial charge in [0.2, 0.25) is 0 Å². The highest BCUT2D eigenvalue weighted by atomic mass is 14.7. The van der Waals surface area contributed by atoms with Crippen molar-refractivity contribution in [3.63, 3.8) is 0 Å².